The van der Waals surface area contributed by atoms with E-state index in [1.54, 1.807) is 13.1 Å². The highest BCUT2D eigenvalue weighted by atomic mass is 32.1. The van der Waals surface area contributed by atoms with Crippen molar-refractivity contribution in [2.45, 2.75) is 32.7 Å². The molecule has 0 saturated heterocycles. The normalized spacial score (nSPS) is 14.9. The number of amides is 1. The summed E-state index contributed by atoms with van der Waals surface area (Å²) in [6.45, 7) is 5.53. The van der Waals surface area contributed by atoms with Crippen molar-refractivity contribution in [1.82, 2.24) is 4.98 Å². The number of carbonyl (C=O) groups excluding carboxylic acids is 1. The molecule has 4 nitrogen and oxygen atoms in total. The van der Waals surface area contributed by atoms with Gasteiger partial charge in [0.05, 0.1) is 5.54 Å². The number of aryl methyl sites for hydroxylation is 1. The predicted molar refractivity (Wildman–Crippen MR) is 58.4 cm³/mol. The van der Waals surface area contributed by atoms with Crippen LogP contribution in [0.25, 0.3) is 0 Å². The molecule has 0 bridgehead atoms. The van der Waals surface area contributed by atoms with Crippen LogP contribution in [-0.4, -0.2) is 16.4 Å². The summed E-state index contributed by atoms with van der Waals surface area (Å²) in [5, 5.41) is 3.31. The monoisotopic (exact) mass is 213 g/mol. The lowest BCUT2D eigenvalue weighted by molar-refractivity contribution is -0.120. The highest BCUT2D eigenvalue weighted by molar-refractivity contribution is 7.15. The number of aromatic nitrogens is 1. The summed E-state index contributed by atoms with van der Waals surface area (Å²) in [6.07, 6.45) is 2.32. The van der Waals surface area contributed by atoms with E-state index in [1.165, 1.54) is 11.3 Å². The van der Waals surface area contributed by atoms with Crippen molar-refractivity contribution in [1.29, 1.82) is 0 Å². The zero-order valence-electron chi connectivity index (χ0n) is 8.63. The second kappa shape index (κ2) is 4.06. The number of nitrogens with two attached hydrogens (primary N) is 1. The minimum Gasteiger partial charge on any atom is -0.318 e. The lowest BCUT2D eigenvalue weighted by atomic mass is 10.00. The Morgan fingerprint density at radius 2 is 2.43 bits per heavy atom. The van der Waals surface area contributed by atoms with E-state index in [-0.39, 0.29) is 5.91 Å². The van der Waals surface area contributed by atoms with E-state index in [9.17, 15) is 4.79 Å². The number of anilines is 1. The van der Waals surface area contributed by atoms with Gasteiger partial charge in [0.1, 0.15) is 0 Å². The Balaban J connectivity index is 2.66. The van der Waals surface area contributed by atoms with Crippen molar-refractivity contribution < 1.29 is 4.79 Å². The maximum atomic E-state index is 11.6. The third-order valence-corrected chi connectivity index (χ3v) is 2.92. The molecule has 0 saturated carbocycles. The number of nitrogens with one attached hydrogen (secondary N) is 1. The van der Waals surface area contributed by atoms with Crippen molar-refractivity contribution in [3.63, 3.8) is 0 Å². The Bertz CT molecular complexity index is 333. The third-order valence-electron chi connectivity index (χ3n) is 2.09. The molecule has 5 heteroatoms. The molecule has 0 aromatic carbocycles. The molecular weight excluding hydrogens is 198 g/mol. The molecular formula is C9H15N3OS. The fraction of sp³-hybridized carbons (Fsp3) is 0.556. The largest absolute Gasteiger partial charge is 0.318 e. The van der Waals surface area contributed by atoms with E-state index in [0.29, 0.717) is 11.6 Å². The summed E-state index contributed by atoms with van der Waals surface area (Å²) in [5.41, 5.74) is 4.96. The van der Waals surface area contributed by atoms with E-state index in [2.05, 4.69) is 10.3 Å². The van der Waals surface area contributed by atoms with Crippen LogP contribution in [0.3, 0.4) is 0 Å². The van der Waals surface area contributed by atoms with Gasteiger partial charge >= 0.3 is 0 Å². The van der Waals surface area contributed by atoms with Gasteiger partial charge in [-0.15, -0.1) is 11.3 Å². The molecule has 0 radical (unpaired) electrons. The van der Waals surface area contributed by atoms with Gasteiger partial charge in [0.25, 0.3) is 0 Å². The van der Waals surface area contributed by atoms with Crippen LogP contribution >= 0.6 is 11.3 Å². The number of hydrogen-bond donors (Lipinski definition) is 2. The Morgan fingerprint density at radius 3 is 2.86 bits per heavy atom. The molecule has 0 spiro atoms. The zero-order valence-corrected chi connectivity index (χ0v) is 9.44. The molecule has 0 fully saturated rings. The SMILES string of the molecule is CCC(C)(N)C(=O)Nc1ncc(C)s1. The first-order valence-electron chi connectivity index (χ1n) is 4.48. The van der Waals surface area contributed by atoms with Crippen LogP contribution in [0.5, 0.6) is 0 Å². The number of rotatable bonds is 3. The van der Waals surface area contributed by atoms with Crippen LogP contribution in [-0.2, 0) is 4.79 Å². The molecule has 0 aliphatic carbocycles. The summed E-state index contributed by atoms with van der Waals surface area (Å²) in [4.78, 5) is 16.7. The Labute approximate surface area is 87.5 Å². The first kappa shape index (κ1) is 11.1. The van der Waals surface area contributed by atoms with E-state index in [1.807, 2.05) is 13.8 Å². The first-order valence-corrected chi connectivity index (χ1v) is 5.30. The molecule has 1 rings (SSSR count). The third kappa shape index (κ3) is 2.52. The molecule has 1 aromatic rings. The predicted octanol–water partition coefficient (Wildman–Crippen LogP) is 1.52. The fourth-order valence-corrected chi connectivity index (χ4v) is 1.47. The van der Waals surface area contributed by atoms with Gasteiger partial charge in [-0.2, -0.15) is 0 Å². The summed E-state index contributed by atoms with van der Waals surface area (Å²) in [6, 6.07) is 0. The van der Waals surface area contributed by atoms with Crippen molar-refractivity contribution in [2.24, 2.45) is 5.73 Å². The topological polar surface area (TPSA) is 68.0 Å². The molecule has 3 N–H and O–H groups in total. The van der Waals surface area contributed by atoms with E-state index in [4.69, 9.17) is 5.73 Å². The Morgan fingerprint density at radius 1 is 1.79 bits per heavy atom. The van der Waals surface area contributed by atoms with Gasteiger partial charge < -0.3 is 11.1 Å². The highest BCUT2D eigenvalue weighted by Crippen LogP contribution is 2.18. The van der Waals surface area contributed by atoms with Gasteiger partial charge in [-0.25, -0.2) is 4.98 Å². The highest BCUT2D eigenvalue weighted by Gasteiger charge is 2.26. The molecule has 1 atom stereocenters. The standard InChI is InChI=1S/C9H15N3OS/c1-4-9(3,10)7(13)12-8-11-5-6(2)14-8/h5H,4,10H2,1-3H3,(H,11,12,13). The maximum absolute atomic E-state index is 11.6. The van der Waals surface area contributed by atoms with Crippen molar-refractivity contribution in [2.75, 3.05) is 5.32 Å². The van der Waals surface area contributed by atoms with Gasteiger partial charge in [0.15, 0.2) is 5.13 Å². The Hall–Kier alpha value is -0.940. The molecule has 14 heavy (non-hydrogen) atoms. The van der Waals surface area contributed by atoms with E-state index >= 15 is 0 Å². The fourth-order valence-electron chi connectivity index (χ4n) is 0.813. The minimum atomic E-state index is -0.820. The van der Waals surface area contributed by atoms with Crippen LogP contribution in [0.2, 0.25) is 0 Å². The summed E-state index contributed by atoms with van der Waals surface area (Å²) >= 11 is 1.44. The molecule has 1 aromatic heterocycles. The number of carbonyl (C=O) groups is 1. The lowest BCUT2D eigenvalue weighted by Gasteiger charge is -2.20. The quantitative estimate of drug-likeness (QED) is 0.799. The van der Waals surface area contributed by atoms with E-state index in [0.717, 1.165) is 4.88 Å². The molecule has 0 aliphatic heterocycles. The first-order chi connectivity index (χ1) is 6.45. The average Bonchev–Trinajstić information content (AvgIpc) is 2.51. The molecule has 78 valence electrons. The van der Waals surface area contributed by atoms with Crippen LogP contribution < -0.4 is 11.1 Å². The number of thiazole rings is 1. The number of nitrogens with zero attached hydrogens (tertiary/aromatic N) is 1. The van der Waals surface area contributed by atoms with Crippen LogP contribution in [0, 0.1) is 6.92 Å². The van der Waals surface area contributed by atoms with Gasteiger partial charge in [0, 0.05) is 11.1 Å². The van der Waals surface area contributed by atoms with Gasteiger partial charge in [-0.3, -0.25) is 4.79 Å². The van der Waals surface area contributed by atoms with E-state index < -0.39 is 5.54 Å². The molecule has 0 aliphatic rings. The zero-order chi connectivity index (χ0) is 10.8. The van der Waals surface area contributed by atoms with Gasteiger partial charge in [-0.05, 0) is 20.3 Å². The van der Waals surface area contributed by atoms with Crippen LogP contribution in [0.1, 0.15) is 25.1 Å². The van der Waals surface area contributed by atoms with Crippen molar-refractivity contribution >= 4 is 22.4 Å². The molecule has 1 amide bonds. The minimum absolute atomic E-state index is 0.186. The van der Waals surface area contributed by atoms with Crippen molar-refractivity contribution in [3.8, 4) is 0 Å². The second-order valence-corrected chi connectivity index (χ2v) is 4.74. The van der Waals surface area contributed by atoms with Crippen LogP contribution in [0.15, 0.2) is 6.20 Å². The van der Waals surface area contributed by atoms with Crippen molar-refractivity contribution in [3.05, 3.63) is 11.1 Å². The number of hydrogen-bond acceptors (Lipinski definition) is 4. The van der Waals surface area contributed by atoms with Gasteiger partial charge in [-0.1, -0.05) is 6.92 Å². The molecule has 1 heterocycles. The molecule has 1 unspecified atom stereocenters. The average molecular weight is 213 g/mol. The summed E-state index contributed by atoms with van der Waals surface area (Å²) in [7, 11) is 0. The lowest BCUT2D eigenvalue weighted by Crippen LogP contribution is -2.47. The second-order valence-electron chi connectivity index (χ2n) is 3.50. The van der Waals surface area contributed by atoms with Gasteiger partial charge in [0.2, 0.25) is 5.91 Å². The summed E-state index contributed by atoms with van der Waals surface area (Å²) < 4.78 is 0. The van der Waals surface area contributed by atoms with Crippen LogP contribution in [0.4, 0.5) is 5.13 Å². The Kier molecular flexibility index (Phi) is 3.23. The summed E-state index contributed by atoms with van der Waals surface area (Å²) in [5.74, 6) is -0.186. The maximum Gasteiger partial charge on any atom is 0.245 e. The smallest absolute Gasteiger partial charge is 0.245 e.